The maximum Gasteiger partial charge on any atom is 0.146 e. The van der Waals surface area contributed by atoms with Gasteiger partial charge in [-0.1, -0.05) is 6.07 Å². The Labute approximate surface area is 113 Å². The van der Waals surface area contributed by atoms with Gasteiger partial charge in [0.2, 0.25) is 0 Å². The van der Waals surface area contributed by atoms with Crippen LogP contribution in [0, 0.1) is 0 Å². The fraction of sp³-hybridized carbons (Fsp3) is 0.273. The van der Waals surface area contributed by atoms with Crippen LogP contribution in [-0.4, -0.2) is 16.5 Å². The van der Waals surface area contributed by atoms with Crippen LogP contribution in [0.4, 0.5) is 11.6 Å². The molecule has 0 bridgehead atoms. The summed E-state index contributed by atoms with van der Waals surface area (Å²) in [5.74, 6) is 1.63. The van der Waals surface area contributed by atoms with Crippen molar-refractivity contribution < 1.29 is 0 Å². The lowest BCUT2D eigenvalue weighted by Gasteiger charge is -2.09. The van der Waals surface area contributed by atoms with Crippen molar-refractivity contribution in [3.8, 4) is 0 Å². The maximum atomic E-state index is 4.22. The summed E-state index contributed by atoms with van der Waals surface area (Å²) in [5.41, 5.74) is 0. The number of anilines is 2. The van der Waals surface area contributed by atoms with E-state index in [4.69, 9.17) is 0 Å². The Morgan fingerprint density at radius 1 is 1.29 bits per heavy atom. The monoisotopic (exact) mass is 312 g/mol. The number of aromatic nitrogens is 2. The van der Waals surface area contributed by atoms with Crippen LogP contribution in [0.1, 0.15) is 11.8 Å². The van der Waals surface area contributed by atoms with Gasteiger partial charge in [0.15, 0.2) is 0 Å². The average Bonchev–Trinajstić information content (AvgIpc) is 2.83. The van der Waals surface area contributed by atoms with Crippen LogP contribution in [0.25, 0.3) is 0 Å². The number of hydrogen-bond acceptors (Lipinski definition) is 5. The molecule has 2 heterocycles. The van der Waals surface area contributed by atoms with Crippen molar-refractivity contribution in [2.45, 2.75) is 13.5 Å². The molecule has 0 aliphatic heterocycles. The van der Waals surface area contributed by atoms with Crippen molar-refractivity contribution in [2.75, 3.05) is 17.2 Å². The Kier molecular flexibility index (Phi) is 4.33. The third-order valence-electron chi connectivity index (χ3n) is 2.14. The third-order valence-corrected chi connectivity index (χ3v) is 3.77. The van der Waals surface area contributed by atoms with Crippen LogP contribution in [0.5, 0.6) is 0 Å². The van der Waals surface area contributed by atoms with Crippen LogP contribution >= 0.6 is 27.3 Å². The SMILES string of the molecule is CCNc1ncnc(NCc2cccs2)c1Br. The number of halogens is 1. The van der Waals surface area contributed by atoms with Gasteiger partial charge in [-0.15, -0.1) is 11.3 Å². The minimum atomic E-state index is 0.777. The first-order chi connectivity index (χ1) is 8.31. The molecule has 0 saturated heterocycles. The van der Waals surface area contributed by atoms with Crippen molar-refractivity contribution in [2.24, 2.45) is 0 Å². The molecule has 0 radical (unpaired) electrons. The second kappa shape index (κ2) is 5.97. The van der Waals surface area contributed by atoms with Crippen LogP contribution in [0.15, 0.2) is 28.3 Å². The molecule has 0 unspecified atom stereocenters. The molecule has 0 amide bonds. The van der Waals surface area contributed by atoms with E-state index in [1.165, 1.54) is 4.88 Å². The lowest BCUT2D eigenvalue weighted by atomic mass is 10.4. The van der Waals surface area contributed by atoms with Crippen molar-refractivity contribution in [3.63, 3.8) is 0 Å². The number of hydrogen-bond donors (Lipinski definition) is 2. The van der Waals surface area contributed by atoms with Crippen LogP contribution in [0.3, 0.4) is 0 Å². The molecule has 0 fully saturated rings. The first-order valence-electron chi connectivity index (χ1n) is 5.32. The summed E-state index contributed by atoms with van der Waals surface area (Å²) in [5, 5.41) is 8.53. The highest BCUT2D eigenvalue weighted by atomic mass is 79.9. The smallest absolute Gasteiger partial charge is 0.146 e. The maximum absolute atomic E-state index is 4.22. The fourth-order valence-electron chi connectivity index (χ4n) is 1.37. The van der Waals surface area contributed by atoms with E-state index in [1.54, 1.807) is 17.7 Å². The lowest BCUT2D eigenvalue weighted by molar-refractivity contribution is 1.07. The van der Waals surface area contributed by atoms with Crippen molar-refractivity contribution in [1.29, 1.82) is 0 Å². The van der Waals surface area contributed by atoms with E-state index in [0.29, 0.717) is 0 Å². The molecule has 0 atom stereocenters. The highest BCUT2D eigenvalue weighted by Gasteiger charge is 2.07. The van der Waals surface area contributed by atoms with Gasteiger partial charge in [0, 0.05) is 11.4 Å². The standard InChI is InChI=1S/C11H13BrN4S/c1-2-13-10-9(12)11(16-7-15-10)14-6-8-4-3-5-17-8/h3-5,7H,2,6H2,1H3,(H2,13,14,15,16). The molecular formula is C11H13BrN4S. The first kappa shape index (κ1) is 12.3. The zero-order valence-corrected chi connectivity index (χ0v) is 11.8. The summed E-state index contributed by atoms with van der Waals surface area (Å²) in [6.07, 6.45) is 1.56. The molecule has 17 heavy (non-hydrogen) atoms. The van der Waals surface area contributed by atoms with Gasteiger partial charge in [-0.3, -0.25) is 0 Å². The summed E-state index contributed by atoms with van der Waals surface area (Å²) in [6, 6.07) is 4.14. The molecule has 2 aromatic heterocycles. The number of rotatable bonds is 5. The van der Waals surface area contributed by atoms with Gasteiger partial charge in [-0.25, -0.2) is 9.97 Å². The molecule has 0 aromatic carbocycles. The van der Waals surface area contributed by atoms with E-state index in [0.717, 1.165) is 29.2 Å². The van der Waals surface area contributed by atoms with Crippen molar-refractivity contribution >= 4 is 38.9 Å². The molecule has 2 aromatic rings. The van der Waals surface area contributed by atoms with Gasteiger partial charge >= 0.3 is 0 Å². The molecule has 4 nitrogen and oxygen atoms in total. The third kappa shape index (κ3) is 3.17. The second-order valence-electron chi connectivity index (χ2n) is 3.35. The Balaban J connectivity index is 2.07. The molecule has 0 aliphatic rings. The number of thiophene rings is 1. The zero-order valence-electron chi connectivity index (χ0n) is 9.40. The van der Waals surface area contributed by atoms with Gasteiger partial charge in [-0.05, 0) is 34.3 Å². The van der Waals surface area contributed by atoms with E-state index < -0.39 is 0 Å². The molecule has 2 N–H and O–H groups in total. The second-order valence-corrected chi connectivity index (χ2v) is 5.17. The van der Waals surface area contributed by atoms with Gasteiger partial charge in [0.1, 0.15) is 22.4 Å². The highest BCUT2D eigenvalue weighted by molar-refractivity contribution is 9.10. The quantitative estimate of drug-likeness (QED) is 0.889. The normalized spacial score (nSPS) is 10.2. The lowest BCUT2D eigenvalue weighted by Crippen LogP contribution is -2.05. The summed E-state index contributed by atoms with van der Waals surface area (Å²) < 4.78 is 0.874. The number of nitrogens with one attached hydrogen (secondary N) is 2. The summed E-state index contributed by atoms with van der Waals surface area (Å²) >= 11 is 5.23. The minimum absolute atomic E-state index is 0.777. The van der Waals surface area contributed by atoms with Crippen LogP contribution in [0.2, 0.25) is 0 Å². The van der Waals surface area contributed by atoms with Gasteiger partial charge in [0.05, 0.1) is 6.54 Å². The number of nitrogens with zero attached hydrogens (tertiary/aromatic N) is 2. The summed E-state index contributed by atoms with van der Waals surface area (Å²) in [4.78, 5) is 9.66. The van der Waals surface area contributed by atoms with E-state index in [1.807, 2.05) is 13.0 Å². The predicted octanol–water partition coefficient (Wildman–Crippen LogP) is 3.34. The van der Waals surface area contributed by atoms with Gasteiger partial charge < -0.3 is 10.6 Å². The van der Waals surface area contributed by atoms with E-state index in [9.17, 15) is 0 Å². The Hall–Kier alpha value is -1.14. The first-order valence-corrected chi connectivity index (χ1v) is 6.99. The zero-order chi connectivity index (χ0) is 12.1. The molecule has 90 valence electrons. The van der Waals surface area contributed by atoms with E-state index in [2.05, 4.69) is 48.0 Å². The van der Waals surface area contributed by atoms with E-state index in [-0.39, 0.29) is 0 Å². The molecule has 0 aliphatic carbocycles. The molecule has 6 heteroatoms. The van der Waals surface area contributed by atoms with Gasteiger partial charge in [-0.2, -0.15) is 0 Å². The van der Waals surface area contributed by atoms with E-state index >= 15 is 0 Å². The van der Waals surface area contributed by atoms with Crippen LogP contribution in [-0.2, 0) is 6.54 Å². The Morgan fingerprint density at radius 2 is 2.06 bits per heavy atom. The fourth-order valence-corrected chi connectivity index (χ4v) is 2.50. The predicted molar refractivity (Wildman–Crippen MR) is 75.5 cm³/mol. The largest absolute Gasteiger partial charge is 0.369 e. The molecule has 0 saturated carbocycles. The Morgan fingerprint density at radius 3 is 2.71 bits per heavy atom. The average molecular weight is 313 g/mol. The molecule has 0 spiro atoms. The topological polar surface area (TPSA) is 49.8 Å². The van der Waals surface area contributed by atoms with Crippen molar-refractivity contribution in [3.05, 3.63) is 33.2 Å². The summed E-state index contributed by atoms with van der Waals surface area (Å²) in [7, 11) is 0. The Bertz CT molecular complexity index is 472. The highest BCUT2D eigenvalue weighted by Crippen LogP contribution is 2.26. The minimum Gasteiger partial charge on any atom is -0.369 e. The summed E-state index contributed by atoms with van der Waals surface area (Å²) in [6.45, 7) is 3.64. The molecular weight excluding hydrogens is 300 g/mol. The van der Waals surface area contributed by atoms with Crippen molar-refractivity contribution in [1.82, 2.24) is 9.97 Å². The van der Waals surface area contributed by atoms with Crippen LogP contribution < -0.4 is 10.6 Å². The molecule has 2 rings (SSSR count). The van der Waals surface area contributed by atoms with Gasteiger partial charge in [0.25, 0.3) is 0 Å².